The first-order valence-electron chi connectivity index (χ1n) is 6.59. The van der Waals surface area contributed by atoms with Gasteiger partial charge in [0.25, 0.3) is 0 Å². The zero-order valence-corrected chi connectivity index (χ0v) is 12.0. The van der Waals surface area contributed by atoms with E-state index in [1.807, 2.05) is 12.3 Å². The molecular formula is C14H21BrN2. The number of hydrogen-bond donors (Lipinski definition) is 1. The van der Waals surface area contributed by atoms with E-state index in [1.54, 1.807) is 0 Å². The topological polar surface area (TPSA) is 38.9 Å². The van der Waals surface area contributed by atoms with E-state index >= 15 is 0 Å². The van der Waals surface area contributed by atoms with Crippen molar-refractivity contribution in [3.05, 3.63) is 28.5 Å². The Labute approximate surface area is 112 Å². The number of aromatic nitrogens is 1. The molecule has 0 aromatic carbocycles. The smallest absolute Gasteiger partial charge is 0.0574 e. The van der Waals surface area contributed by atoms with Gasteiger partial charge in [-0.1, -0.05) is 32.6 Å². The molecular weight excluding hydrogens is 276 g/mol. The highest BCUT2D eigenvalue weighted by molar-refractivity contribution is 9.10. The van der Waals surface area contributed by atoms with E-state index < -0.39 is 0 Å². The van der Waals surface area contributed by atoms with Gasteiger partial charge in [0.05, 0.1) is 11.7 Å². The van der Waals surface area contributed by atoms with Crippen molar-refractivity contribution in [2.75, 3.05) is 0 Å². The summed E-state index contributed by atoms with van der Waals surface area (Å²) in [6, 6.07) is 4.19. The van der Waals surface area contributed by atoms with E-state index in [2.05, 4.69) is 33.9 Å². The first kappa shape index (κ1) is 13.0. The van der Waals surface area contributed by atoms with Gasteiger partial charge in [0.1, 0.15) is 0 Å². The van der Waals surface area contributed by atoms with Crippen molar-refractivity contribution in [3.8, 4) is 0 Å². The minimum absolute atomic E-state index is 0.105. The molecule has 1 saturated carbocycles. The molecule has 1 aliphatic carbocycles. The van der Waals surface area contributed by atoms with Gasteiger partial charge in [-0.25, -0.2) is 0 Å². The summed E-state index contributed by atoms with van der Waals surface area (Å²) >= 11 is 3.41. The average molecular weight is 297 g/mol. The third-order valence-corrected chi connectivity index (χ3v) is 4.51. The van der Waals surface area contributed by atoms with Crippen LogP contribution in [0.3, 0.4) is 0 Å². The van der Waals surface area contributed by atoms with Gasteiger partial charge in [0.2, 0.25) is 0 Å². The minimum atomic E-state index is 0.105. The Morgan fingerprint density at radius 1 is 1.41 bits per heavy atom. The van der Waals surface area contributed by atoms with E-state index in [-0.39, 0.29) is 6.04 Å². The molecule has 2 rings (SSSR count). The fourth-order valence-electron chi connectivity index (χ4n) is 3.02. The third-order valence-electron chi connectivity index (χ3n) is 4.05. The van der Waals surface area contributed by atoms with Crippen molar-refractivity contribution in [1.29, 1.82) is 0 Å². The van der Waals surface area contributed by atoms with Gasteiger partial charge < -0.3 is 5.73 Å². The Kier molecular flexibility index (Phi) is 4.57. The van der Waals surface area contributed by atoms with E-state index in [9.17, 15) is 0 Å². The molecule has 3 heteroatoms. The quantitative estimate of drug-likeness (QED) is 0.913. The summed E-state index contributed by atoms with van der Waals surface area (Å²) in [6.07, 6.45) is 8.39. The Balaban J connectivity index is 2.12. The molecule has 2 N–H and O–H groups in total. The number of rotatable bonds is 3. The van der Waals surface area contributed by atoms with Crippen molar-refractivity contribution >= 4 is 15.9 Å². The molecule has 0 saturated heterocycles. The SMILES string of the molecule is CCC1CCCCC1C(N)c1ccc(Br)cn1. The van der Waals surface area contributed by atoms with Gasteiger partial charge in [-0.15, -0.1) is 0 Å². The predicted octanol–water partition coefficient (Wildman–Crippen LogP) is 4.06. The van der Waals surface area contributed by atoms with E-state index in [1.165, 1.54) is 32.1 Å². The van der Waals surface area contributed by atoms with Gasteiger partial charge in [-0.3, -0.25) is 4.98 Å². The Bertz CT molecular complexity index is 350. The highest BCUT2D eigenvalue weighted by Crippen LogP contribution is 2.38. The summed E-state index contributed by atoms with van der Waals surface area (Å²) in [5.41, 5.74) is 7.45. The maximum Gasteiger partial charge on any atom is 0.0574 e. The monoisotopic (exact) mass is 296 g/mol. The Morgan fingerprint density at radius 3 is 2.82 bits per heavy atom. The predicted molar refractivity (Wildman–Crippen MR) is 74.6 cm³/mol. The lowest BCUT2D eigenvalue weighted by Crippen LogP contribution is -2.30. The normalized spacial score (nSPS) is 26.8. The molecule has 94 valence electrons. The summed E-state index contributed by atoms with van der Waals surface area (Å²) in [6.45, 7) is 2.28. The zero-order chi connectivity index (χ0) is 12.3. The average Bonchev–Trinajstić information content (AvgIpc) is 2.39. The molecule has 1 aliphatic rings. The lowest BCUT2D eigenvalue weighted by Gasteiger charge is -2.34. The van der Waals surface area contributed by atoms with Crippen molar-refractivity contribution < 1.29 is 0 Å². The van der Waals surface area contributed by atoms with Crippen LogP contribution in [0.25, 0.3) is 0 Å². The molecule has 0 radical (unpaired) electrons. The largest absolute Gasteiger partial charge is 0.322 e. The molecule has 1 heterocycles. The van der Waals surface area contributed by atoms with Crippen LogP contribution in [0.1, 0.15) is 50.8 Å². The van der Waals surface area contributed by atoms with E-state index in [0.29, 0.717) is 5.92 Å². The van der Waals surface area contributed by atoms with Gasteiger partial charge in [0, 0.05) is 10.7 Å². The van der Waals surface area contributed by atoms with Crippen LogP contribution in [0.4, 0.5) is 0 Å². The molecule has 0 spiro atoms. The summed E-state index contributed by atoms with van der Waals surface area (Å²) in [5.74, 6) is 1.40. The van der Waals surface area contributed by atoms with Gasteiger partial charge in [0.15, 0.2) is 0 Å². The summed E-state index contributed by atoms with van der Waals surface area (Å²) in [5, 5.41) is 0. The number of nitrogens with two attached hydrogens (primary N) is 1. The van der Waals surface area contributed by atoms with Crippen molar-refractivity contribution in [3.63, 3.8) is 0 Å². The van der Waals surface area contributed by atoms with E-state index in [0.717, 1.165) is 16.1 Å². The molecule has 0 amide bonds. The van der Waals surface area contributed by atoms with Crippen LogP contribution in [-0.4, -0.2) is 4.98 Å². The van der Waals surface area contributed by atoms with Crippen LogP contribution in [-0.2, 0) is 0 Å². The Morgan fingerprint density at radius 2 is 2.18 bits per heavy atom. The van der Waals surface area contributed by atoms with Crippen LogP contribution in [0.15, 0.2) is 22.8 Å². The van der Waals surface area contributed by atoms with Crippen molar-refractivity contribution in [2.24, 2.45) is 17.6 Å². The number of halogens is 1. The molecule has 0 bridgehead atoms. The van der Waals surface area contributed by atoms with E-state index in [4.69, 9.17) is 5.73 Å². The second-order valence-electron chi connectivity index (χ2n) is 5.04. The van der Waals surface area contributed by atoms with Gasteiger partial charge in [-0.2, -0.15) is 0 Å². The van der Waals surface area contributed by atoms with Crippen molar-refractivity contribution in [2.45, 2.75) is 45.1 Å². The number of pyridine rings is 1. The molecule has 1 fully saturated rings. The summed E-state index contributed by atoms with van der Waals surface area (Å²) in [4.78, 5) is 4.45. The fourth-order valence-corrected chi connectivity index (χ4v) is 3.25. The van der Waals surface area contributed by atoms with Crippen LogP contribution >= 0.6 is 15.9 Å². The zero-order valence-electron chi connectivity index (χ0n) is 10.4. The van der Waals surface area contributed by atoms with Gasteiger partial charge >= 0.3 is 0 Å². The lowest BCUT2D eigenvalue weighted by molar-refractivity contribution is 0.194. The van der Waals surface area contributed by atoms with Gasteiger partial charge in [-0.05, 0) is 46.3 Å². The van der Waals surface area contributed by atoms with Crippen LogP contribution < -0.4 is 5.73 Å². The highest BCUT2D eigenvalue weighted by atomic mass is 79.9. The van der Waals surface area contributed by atoms with Crippen molar-refractivity contribution in [1.82, 2.24) is 4.98 Å². The minimum Gasteiger partial charge on any atom is -0.322 e. The first-order chi connectivity index (χ1) is 8.22. The summed E-state index contributed by atoms with van der Waals surface area (Å²) in [7, 11) is 0. The van der Waals surface area contributed by atoms with Crippen LogP contribution in [0.2, 0.25) is 0 Å². The van der Waals surface area contributed by atoms with Crippen LogP contribution in [0.5, 0.6) is 0 Å². The molecule has 1 aromatic heterocycles. The molecule has 1 aromatic rings. The molecule has 3 atom stereocenters. The molecule has 17 heavy (non-hydrogen) atoms. The maximum absolute atomic E-state index is 6.41. The summed E-state index contributed by atoms with van der Waals surface area (Å²) < 4.78 is 1.02. The standard InChI is InChI=1S/C14H21BrN2/c1-2-10-5-3-4-6-12(10)14(16)13-8-7-11(15)9-17-13/h7-10,12,14H,2-6,16H2,1H3. The number of nitrogens with zero attached hydrogens (tertiary/aromatic N) is 1. The third kappa shape index (κ3) is 3.08. The number of hydrogen-bond acceptors (Lipinski definition) is 2. The molecule has 0 aliphatic heterocycles. The molecule has 2 nitrogen and oxygen atoms in total. The van der Waals surface area contributed by atoms with Crippen LogP contribution in [0, 0.1) is 11.8 Å². The fraction of sp³-hybridized carbons (Fsp3) is 0.643. The second-order valence-corrected chi connectivity index (χ2v) is 5.96. The maximum atomic E-state index is 6.41. The second kappa shape index (κ2) is 5.96. The molecule has 3 unspecified atom stereocenters. The lowest BCUT2D eigenvalue weighted by atomic mass is 9.73. The first-order valence-corrected chi connectivity index (χ1v) is 7.38. The highest BCUT2D eigenvalue weighted by Gasteiger charge is 2.30. The Hall–Kier alpha value is -0.410.